The van der Waals surface area contributed by atoms with Gasteiger partial charge in [0.1, 0.15) is 0 Å². The van der Waals surface area contributed by atoms with Gasteiger partial charge in [-0.25, -0.2) is 0 Å². The molecule has 1 heterocycles. The van der Waals surface area contributed by atoms with E-state index in [0.29, 0.717) is 0 Å². The summed E-state index contributed by atoms with van der Waals surface area (Å²) in [6, 6.07) is 1.35. The van der Waals surface area contributed by atoms with E-state index in [9.17, 15) is 0 Å². The molecule has 0 aliphatic carbocycles. The van der Waals surface area contributed by atoms with Crippen LogP contribution in [0.15, 0.2) is 12.2 Å². The third kappa shape index (κ3) is 5.52. The van der Waals surface area contributed by atoms with Crippen molar-refractivity contribution in [2.45, 2.75) is 51.7 Å². The molecule has 0 unspecified atom stereocenters. The SMILES string of the molecule is C/C=C/C[Si](C)(C)CN1CCCCCC1. The molecule has 0 spiro atoms. The first-order valence-electron chi connectivity index (χ1n) is 6.47. The van der Waals surface area contributed by atoms with Crippen LogP contribution in [0.25, 0.3) is 0 Å². The highest BCUT2D eigenvalue weighted by Gasteiger charge is 2.23. The number of likely N-dealkylation sites (tertiary alicyclic amines) is 1. The van der Waals surface area contributed by atoms with Gasteiger partial charge < -0.3 is 4.90 Å². The summed E-state index contributed by atoms with van der Waals surface area (Å²) in [6.07, 6.45) is 11.7. The van der Waals surface area contributed by atoms with E-state index in [1.54, 1.807) is 0 Å². The summed E-state index contributed by atoms with van der Waals surface area (Å²) in [4.78, 5) is 2.72. The second-order valence-electron chi connectivity index (χ2n) is 5.63. The van der Waals surface area contributed by atoms with Crippen molar-refractivity contribution in [1.29, 1.82) is 0 Å². The molecule has 1 nitrogen and oxygen atoms in total. The van der Waals surface area contributed by atoms with Crippen molar-refractivity contribution in [3.63, 3.8) is 0 Å². The van der Waals surface area contributed by atoms with Gasteiger partial charge in [0.2, 0.25) is 0 Å². The summed E-state index contributed by atoms with van der Waals surface area (Å²) in [5.74, 6) is 0. The van der Waals surface area contributed by atoms with Crippen LogP contribution >= 0.6 is 0 Å². The highest BCUT2D eigenvalue weighted by Crippen LogP contribution is 2.16. The van der Waals surface area contributed by atoms with Gasteiger partial charge >= 0.3 is 0 Å². The minimum absolute atomic E-state index is 0.995. The standard InChI is InChI=1S/C13H27NSi/c1-4-5-12-15(2,3)13-14-10-8-6-7-9-11-14/h4-5H,6-13H2,1-3H3/b5-4+. The minimum atomic E-state index is -0.995. The number of rotatable bonds is 4. The van der Waals surface area contributed by atoms with Crippen molar-refractivity contribution in [3.05, 3.63) is 12.2 Å². The fourth-order valence-electron chi connectivity index (χ4n) is 2.40. The average molecular weight is 225 g/mol. The Hall–Kier alpha value is -0.0831. The number of nitrogens with zero attached hydrogens (tertiary/aromatic N) is 1. The first-order valence-corrected chi connectivity index (χ1v) is 9.89. The molecule has 15 heavy (non-hydrogen) atoms. The Kier molecular flexibility index (Phi) is 5.62. The topological polar surface area (TPSA) is 3.24 Å². The molecule has 0 aromatic carbocycles. The molecule has 2 heteroatoms. The first-order chi connectivity index (χ1) is 7.14. The molecule has 0 bridgehead atoms. The van der Waals surface area contributed by atoms with E-state index in [1.807, 2.05) is 0 Å². The molecule has 1 aliphatic rings. The highest BCUT2D eigenvalue weighted by molar-refractivity contribution is 6.78. The van der Waals surface area contributed by atoms with Crippen LogP contribution in [0.1, 0.15) is 32.6 Å². The van der Waals surface area contributed by atoms with Crippen LogP contribution in [0, 0.1) is 0 Å². The largest absolute Gasteiger partial charge is 0.306 e. The number of hydrogen-bond acceptors (Lipinski definition) is 1. The van der Waals surface area contributed by atoms with Crippen LogP contribution in [-0.4, -0.2) is 32.2 Å². The van der Waals surface area contributed by atoms with E-state index < -0.39 is 8.07 Å². The van der Waals surface area contributed by atoms with Crippen LogP contribution in [0.4, 0.5) is 0 Å². The Morgan fingerprint density at radius 1 is 1.07 bits per heavy atom. The second kappa shape index (κ2) is 6.49. The smallest absolute Gasteiger partial charge is 0.0666 e. The van der Waals surface area contributed by atoms with E-state index in [4.69, 9.17) is 0 Å². The van der Waals surface area contributed by atoms with Crippen molar-refractivity contribution in [2.75, 3.05) is 19.3 Å². The summed E-state index contributed by atoms with van der Waals surface area (Å²) in [5, 5.41) is 0. The third-order valence-electron chi connectivity index (χ3n) is 3.26. The zero-order chi connectivity index (χ0) is 11.1. The lowest BCUT2D eigenvalue weighted by molar-refractivity contribution is 0.325. The maximum atomic E-state index is 2.72. The molecular weight excluding hydrogens is 198 g/mol. The predicted octanol–water partition coefficient (Wildman–Crippen LogP) is 3.69. The van der Waals surface area contributed by atoms with Crippen LogP contribution in [0.2, 0.25) is 19.1 Å². The van der Waals surface area contributed by atoms with Crippen LogP contribution in [0.5, 0.6) is 0 Å². The molecule has 0 aromatic rings. The number of hydrogen-bond donors (Lipinski definition) is 0. The molecule has 1 saturated heterocycles. The molecule has 0 saturated carbocycles. The van der Waals surface area contributed by atoms with Gasteiger partial charge in [-0.3, -0.25) is 0 Å². The molecule has 0 N–H and O–H groups in total. The zero-order valence-corrected chi connectivity index (χ0v) is 11.8. The molecule has 1 rings (SSSR count). The Bertz CT molecular complexity index is 191. The highest BCUT2D eigenvalue weighted by atomic mass is 28.3. The van der Waals surface area contributed by atoms with Gasteiger partial charge in [-0.05, 0) is 45.1 Å². The molecule has 1 aliphatic heterocycles. The fourth-order valence-corrected chi connectivity index (χ4v) is 4.93. The predicted molar refractivity (Wildman–Crippen MR) is 72.0 cm³/mol. The Labute approximate surface area is 96.6 Å². The van der Waals surface area contributed by atoms with Crippen LogP contribution in [-0.2, 0) is 0 Å². The van der Waals surface area contributed by atoms with Gasteiger partial charge in [0, 0.05) is 0 Å². The van der Waals surface area contributed by atoms with E-state index in [1.165, 1.54) is 51.0 Å². The molecule has 0 atom stereocenters. The van der Waals surface area contributed by atoms with Gasteiger partial charge in [0.05, 0.1) is 8.07 Å². The monoisotopic (exact) mass is 225 g/mol. The quantitative estimate of drug-likeness (QED) is 0.521. The first kappa shape index (κ1) is 13.0. The molecule has 1 fully saturated rings. The Balaban J connectivity index is 2.36. The van der Waals surface area contributed by atoms with E-state index in [0.717, 1.165) is 0 Å². The Morgan fingerprint density at radius 3 is 2.20 bits per heavy atom. The lowest BCUT2D eigenvalue weighted by atomic mass is 10.2. The summed E-state index contributed by atoms with van der Waals surface area (Å²) < 4.78 is 0. The molecule has 0 amide bonds. The fraction of sp³-hybridized carbons (Fsp3) is 0.846. The van der Waals surface area contributed by atoms with Crippen molar-refractivity contribution < 1.29 is 0 Å². The van der Waals surface area contributed by atoms with E-state index >= 15 is 0 Å². The summed E-state index contributed by atoms with van der Waals surface area (Å²) in [5.41, 5.74) is 0. The summed E-state index contributed by atoms with van der Waals surface area (Å²) >= 11 is 0. The van der Waals surface area contributed by atoms with Crippen molar-refractivity contribution in [3.8, 4) is 0 Å². The summed E-state index contributed by atoms with van der Waals surface area (Å²) in [6.45, 7) is 9.89. The number of allylic oxidation sites excluding steroid dienone is 2. The van der Waals surface area contributed by atoms with Crippen LogP contribution in [0.3, 0.4) is 0 Å². The molecule has 0 radical (unpaired) electrons. The van der Waals surface area contributed by atoms with E-state index in [2.05, 4.69) is 37.1 Å². The molecular formula is C13H27NSi. The lowest BCUT2D eigenvalue weighted by Gasteiger charge is -2.29. The van der Waals surface area contributed by atoms with Gasteiger partial charge in [-0.1, -0.05) is 38.1 Å². The van der Waals surface area contributed by atoms with Crippen molar-refractivity contribution >= 4 is 8.07 Å². The molecule has 88 valence electrons. The maximum absolute atomic E-state index is 2.72. The molecule has 0 aromatic heterocycles. The van der Waals surface area contributed by atoms with Gasteiger partial charge in [-0.2, -0.15) is 0 Å². The van der Waals surface area contributed by atoms with Gasteiger partial charge in [0.25, 0.3) is 0 Å². The van der Waals surface area contributed by atoms with Crippen molar-refractivity contribution in [1.82, 2.24) is 4.90 Å². The summed E-state index contributed by atoms with van der Waals surface area (Å²) in [7, 11) is -0.995. The lowest BCUT2D eigenvalue weighted by Crippen LogP contribution is -2.42. The van der Waals surface area contributed by atoms with Crippen LogP contribution < -0.4 is 0 Å². The second-order valence-corrected chi connectivity index (χ2v) is 10.7. The van der Waals surface area contributed by atoms with E-state index in [-0.39, 0.29) is 0 Å². The van der Waals surface area contributed by atoms with Crippen molar-refractivity contribution in [2.24, 2.45) is 0 Å². The Morgan fingerprint density at radius 2 is 1.67 bits per heavy atom. The third-order valence-corrected chi connectivity index (χ3v) is 5.90. The zero-order valence-electron chi connectivity index (χ0n) is 10.8. The maximum Gasteiger partial charge on any atom is 0.0666 e. The minimum Gasteiger partial charge on any atom is -0.306 e. The normalized spacial score (nSPS) is 20.7. The van der Waals surface area contributed by atoms with Gasteiger partial charge in [-0.15, -0.1) is 0 Å². The average Bonchev–Trinajstić information content (AvgIpc) is 2.43. The van der Waals surface area contributed by atoms with Gasteiger partial charge in [0.15, 0.2) is 0 Å².